The zero-order valence-electron chi connectivity index (χ0n) is 14.1. The van der Waals surface area contributed by atoms with Gasteiger partial charge in [-0.3, -0.25) is 4.79 Å². The Bertz CT molecular complexity index is 877. The van der Waals surface area contributed by atoms with Gasteiger partial charge in [0.1, 0.15) is 11.4 Å². The molecule has 1 fully saturated rings. The Hall–Kier alpha value is -2.75. The molecule has 0 unspecified atom stereocenters. The van der Waals surface area contributed by atoms with E-state index in [0.29, 0.717) is 17.0 Å². The van der Waals surface area contributed by atoms with E-state index in [0.717, 1.165) is 37.9 Å². The van der Waals surface area contributed by atoms with Crippen LogP contribution in [0.15, 0.2) is 54.6 Å². The van der Waals surface area contributed by atoms with E-state index >= 15 is 0 Å². The van der Waals surface area contributed by atoms with Gasteiger partial charge in [-0.05, 0) is 48.9 Å². The number of phenolic OH excluding ortho intramolecular Hbond substituents is 1. The highest BCUT2D eigenvalue weighted by Crippen LogP contribution is 2.27. The SMILES string of the molecule is O=C(c1cc2c(O)cccc2[nH]1)N1CCC(Cc2ccccc2)CC1. The van der Waals surface area contributed by atoms with Crippen LogP contribution in [0.4, 0.5) is 0 Å². The van der Waals surface area contributed by atoms with E-state index in [4.69, 9.17) is 0 Å². The molecular weight excluding hydrogens is 312 g/mol. The van der Waals surface area contributed by atoms with Crippen LogP contribution in [-0.2, 0) is 6.42 Å². The van der Waals surface area contributed by atoms with Crippen LogP contribution in [0.1, 0.15) is 28.9 Å². The summed E-state index contributed by atoms with van der Waals surface area (Å²) in [5.74, 6) is 0.862. The third-order valence-electron chi connectivity index (χ3n) is 5.14. The van der Waals surface area contributed by atoms with E-state index in [1.807, 2.05) is 17.0 Å². The van der Waals surface area contributed by atoms with Crippen molar-refractivity contribution >= 4 is 16.8 Å². The molecule has 1 aliphatic rings. The smallest absolute Gasteiger partial charge is 0.270 e. The number of nitrogens with zero attached hydrogens (tertiary/aromatic N) is 1. The number of hydrogen-bond donors (Lipinski definition) is 2. The second-order valence-electron chi connectivity index (χ2n) is 6.85. The summed E-state index contributed by atoms with van der Waals surface area (Å²) in [5.41, 5.74) is 2.72. The number of nitrogens with one attached hydrogen (secondary N) is 1. The molecule has 1 amide bonds. The van der Waals surface area contributed by atoms with Crippen LogP contribution < -0.4 is 0 Å². The zero-order valence-corrected chi connectivity index (χ0v) is 14.1. The van der Waals surface area contributed by atoms with Gasteiger partial charge in [0.05, 0.1) is 0 Å². The van der Waals surface area contributed by atoms with Crippen molar-refractivity contribution in [1.29, 1.82) is 0 Å². The highest BCUT2D eigenvalue weighted by molar-refractivity contribution is 5.99. The Labute approximate surface area is 147 Å². The van der Waals surface area contributed by atoms with Gasteiger partial charge in [0.15, 0.2) is 0 Å². The summed E-state index contributed by atoms with van der Waals surface area (Å²) in [5, 5.41) is 10.6. The maximum Gasteiger partial charge on any atom is 0.270 e. The molecule has 0 spiro atoms. The molecule has 4 nitrogen and oxygen atoms in total. The topological polar surface area (TPSA) is 56.3 Å². The predicted octanol–water partition coefficient (Wildman–Crippen LogP) is 3.97. The Morgan fingerprint density at radius 1 is 1.08 bits per heavy atom. The number of rotatable bonds is 3. The minimum Gasteiger partial charge on any atom is -0.507 e. The molecule has 0 aliphatic carbocycles. The predicted molar refractivity (Wildman–Crippen MR) is 98.7 cm³/mol. The summed E-state index contributed by atoms with van der Waals surface area (Å²) in [6.45, 7) is 1.58. The van der Waals surface area contributed by atoms with Crippen LogP contribution >= 0.6 is 0 Å². The number of phenols is 1. The van der Waals surface area contributed by atoms with Crippen LogP contribution in [0.3, 0.4) is 0 Å². The molecule has 2 N–H and O–H groups in total. The van der Waals surface area contributed by atoms with Crippen molar-refractivity contribution in [3.8, 4) is 5.75 Å². The number of aromatic hydroxyl groups is 1. The first kappa shape index (κ1) is 15.8. The second kappa shape index (κ2) is 6.63. The molecule has 128 valence electrons. The largest absolute Gasteiger partial charge is 0.507 e. The fourth-order valence-electron chi connectivity index (χ4n) is 3.71. The molecule has 2 aromatic carbocycles. The van der Waals surface area contributed by atoms with Gasteiger partial charge in [-0.1, -0.05) is 36.4 Å². The van der Waals surface area contributed by atoms with E-state index in [2.05, 4.69) is 29.2 Å². The molecule has 0 atom stereocenters. The number of hydrogen-bond acceptors (Lipinski definition) is 2. The van der Waals surface area contributed by atoms with Gasteiger partial charge in [-0.25, -0.2) is 0 Å². The van der Waals surface area contributed by atoms with Gasteiger partial charge in [-0.2, -0.15) is 0 Å². The molecule has 3 aromatic rings. The van der Waals surface area contributed by atoms with Gasteiger partial charge in [0.25, 0.3) is 5.91 Å². The third-order valence-corrected chi connectivity index (χ3v) is 5.14. The number of fused-ring (bicyclic) bond motifs is 1. The molecule has 4 rings (SSSR count). The first-order chi connectivity index (χ1) is 12.2. The summed E-state index contributed by atoms with van der Waals surface area (Å²) in [6.07, 6.45) is 3.15. The molecule has 1 aliphatic heterocycles. The molecule has 4 heteroatoms. The van der Waals surface area contributed by atoms with Gasteiger partial charge in [0.2, 0.25) is 0 Å². The summed E-state index contributed by atoms with van der Waals surface area (Å²) in [6, 6.07) is 17.6. The molecule has 1 saturated heterocycles. The fourth-order valence-corrected chi connectivity index (χ4v) is 3.71. The maximum atomic E-state index is 12.8. The molecule has 25 heavy (non-hydrogen) atoms. The Balaban J connectivity index is 1.41. The first-order valence-corrected chi connectivity index (χ1v) is 8.84. The number of benzene rings is 2. The number of amides is 1. The van der Waals surface area contributed by atoms with Crippen molar-refractivity contribution in [2.24, 2.45) is 5.92 Å². The Morgan fingerprint density at radius 3 is 2.56 bits per heavy atom. The number of likely N-dealkylation sites (tertiary alicyclic amines) is 1. The summed E-state index contributed by atoms with van der Waals surface area (Å²) < 4.78 is 0. The van der Waals surface area contributed by atoms with Crippen LogP contribution in [0, 0.1) is 5.92 Å². The molecule has 0 saturated carbocycles. The minimum absolute atomic E-state index is 0.0220. The van der Waals surface area contributed by atoms with Crippen molar-refractivity contribution in [2.75, 3.05) is 13.1 Å². The summed E-state index contributed by atoms with van der Waals surface area (Å²) in [4.78, 5) is 17.8. The second-order valence-corrected chi connectivity index (χ2v) is 6.85. The van der Waals surface area contributed by atoms with Crippen LogP contribution in [-0.4, -0.2) is 34.0 Å². The van der Waals surface area contributed by atoms with Crippen LogP contribution in [0.25, 0.3) is 10.9 Å². The van der Waals surface area contributed by atoms with Crippen molar-refractivity contribution < 1.29 is 9.90 Å². The number of aromatic nitrogens is 1. The maximum absolute atomic E-state index is 12.8. The molecule has 0 radical (unpaired) electrons. The lowest BCUT2D eigenvalue weighted by molar-refractivity contribution is 0.0685. The first-order valence-electron chi connectivity index (χ1n) is 8.84. The van der Waals surface area contributed by atoms with Crippen LogP contribution in [0.2, 0.25) is 0 Å². The quantitative estimate of drug-likeness (QED) is 0.761. The van der Waals surface area contributed by atoms with Gasteiger partial charge in [0, 0.05) is 24.0 Å². The lowest BCUT2D eigenvalue weighted by atomic mass is 9.90. The van der Waals surface area contributed by atoms with Crippen molar-refractivity contribution in [2.45, 2.75) is 19.3 Å². The monoisotopic (exact) mass is 334 g/mol. The van der Waals surface area contributed by atoms with Gasteiger partial charge < -0.3 is 15.0 Å². The number of piperidine rings is 1. The third kappa shape index (κ3) is 3.25. The number of H-pyrrole nitrogens is 1. The number of carbonyl (C=O) groups excluding carboxylic acids is 1. The average Bonchev–Trinajstić information content (AvgIpc) is 3.08. The molecule has 0 bridgehead atoms. The lowest BCUT2D eigenvalue weighted by Gasteiger charge is -2.31. The fraction of sp³-hybridized carbons (Fsp3) is 0.286. The van der Waals surface area contributed by atoms with E-state index in [1.165, 1.54) is 5.56 Å². The number of aromatic amines is 1. The Kier molecular flexibility index (Phi) is 4.18. The van der Waals surface area contributed by atoms with Crippen molar-refractivity contribution in [1.82, 2.24) is 9.88 Å². The zero-order chi connectivity index (χ0) is 17.2. The minimum atomic E-state index is 0.0220. The molecule has 1 aromatic heterocycles. The highest BCUT2D eigenvalue weighted by atomic mass is 16.3. The lowest BCUT2D eigenvalue weighted by Crippen LogP contribution is -2.39. The van der Waals surface area contributed by atoms with Crippen LogP contribution in [0.5, 0.6) is 5.75 Å². The van der Waals surface area contributed by atoms with E-state index in [-0.39, 0.29) is 11.7 Å². The van der Waals surface area contributed by atoms with Gasteiger partial charge >= 0.3 is 0 Å². The highest BCUT2D eigenvalue weighted by Gasteiger charge is 2.25. The van der Waals surface area contributed by atoms with Gasteiger partial charge in [-0.15, -0.1) is 0 Å². The molecular formula is C21H22N2O2. The van der Waals surface area contributed by atoms with Crippen molar-refractivity contribution in [3.63, 3.8) is 0 Å². The normalized spacial score (nSPS) is 15.6. The number of carbonyl (C=O) groups is 1. The summed E-state index contributed by atoms with van der Waals surface area (Å²) >= 11 is 0. The van der Waals surface area contributed by atoms with Crippen molar-refractivity contribution in [3.05, 3.63) is 65.9 Å². The van der Waals surface area contributed by atoms with E-state index < -0.39 is 0 Å². The van der Waals surface area contributed by atoms with E-state index in [1.54, 1.807) is 18.2 Å². The molecule has 2 heterocycles. The average molecular weight is 334 g/mol. The summed E-state index contributed by atoms with van der Waals surface area (Å²) in [7, 11) is 0. The van der Waals surface area contributed by atoms with E-state index in [9.17, 15) is 9.90 Å². The Morgan fingerprint density at radius 2 is 1.84 bits per heavy atom. The standard InChI is InChI=1S/C21H22N2O2/c24-20-8-4-7-18-17(20)14-19(22-18)21(25)23-11-9-16(10-12-23)13-15-5-2-1-3-6-15/h1-8,14,16,22,24H,9-13H2.